The van der Waals surface area contributed by atoms with Crippen molar-refractivity contribution in [3.05, 3.63) is 0 Å². The summed E-state index contributed by atoms with van der Waals surface area (Å²) < 4.78 is 1.12. The monoisotopic (exact) mass is 346 g/mol. The number of hydrogen-bond donors (Lipinski definition) is 1. The Morgan fingerprint density at radius 2 is 0.792 bits per heavy atom. The van der Waals surface area contributed by atoms with Gasteiger partial charge in [0.1, 0.15) is 0 Å². The predicted molar refractivity (Wildman–Crippen MR) is 110 cm³/mol. The van der Waals surface area contributed by atoms with Gasteiger partial charge in [0.05, 0.1) is 27.7 Å². The van der Waals surface area contributed by atoms with Gasteiger partial charge in [-0.3, -0.25) is 0 Å². The number of nitrogens with one attached hydrogen (secondary N) is 1. The highest BCUT2D eigenvalue weighted by atomic mass is 16.0. The molecule has 0 saturated carbocycles. The zero-order chi connectivity index (χ0) is 17.8. The van der Waals surface area contributed by atoms with Crippen molar-refractivity contribution in [2.75, 3.05) is 41.8 Å². The zero-order valence-electron chi connectivity index (χ0n) is 18.0. The summed E-state index contributed by atoms with van der Waals surface area (Å²) in [6.45, 7) is 3.63. The lowest BCUT2D eigenvalue weighted by atomic mass is 10.0. The van der Waals surface area contributed by atoms with Crippen molar-refractivity contribution in [3.63, 3.8) is 0 Å². The van der Waals surface area contributed by atoms with Gasteiger partial charge in [-0.05, 0) is 26.9 Å². The third-order valence-electron chi connectivity index (χ3n) is 4.18. The maximum absolute atomic E-state index is 2.75. The van der Waals surface area contributed by atoms with Gasteiger partial charge in [-0.15, -0.1) is 0 Å². The van der Waals surface area contributed by atoms with Crippen LogP contribution in [0.5, 0.6) is 0 Å². The van der Waals surface area contributed by atoms with Crippen molar-refractivity contribution < 1.29 is 9.96 Å². The van der Waals surface area contributed by atoms with Gasteiger partial charge in [0.25, 0.3) is 0 Å². The second kappa shape index (κ2) is 22.9. The molecule has 150 valence electrons. The van der Waals surface area contributed by atoms with E-state index >= 15 is 0 Å². The van der Waals surface area contributed by atoms with Crippen LogP contribution in [0.4, 0.5) is 0 Å². The molecule has 3 heteroatoms. The molecular weight excluding hydrogens is 296 g/mol. The van der Waals surface area contributed by atoms with E-state index in [9.17, 15) is 0 Å². The lowest BCUT2D eigenvalue weighted by molar-refractivity contribution is -0.870. The Kier molecular flexibility index (Phi) is 27.3. The number of nitrogens with zero attached hydrogens (tertiary/aromatic N) is 1. The van der Waals surface area contributed by atoms with E-state index in [0.717, 1.165) is 4.48 Å². The Morgan fingerprint density at radius 1 is 0.542 bits per heavy atom. The minimum Gasteiger partial charge on any atom is -0.870 e. The summed E-state index contributed by atoms with van der Waals surface area (Å²) in [5, 5.41) is 2.75. The van der Waals surface area contributed by atoms with E-state index in [-0.39, 0.29) is 5.48 Å². The van der Waals surface area contributed by atoms with E-state index in [4.69, 9.17) is 0 Å². The molecule has 0 aromatic heterocycles. The molecule has 0 unspecified atom stereocenters. The Bertz CT molecular complexity index is 203. The molecular formula is C21H50N2O. The average Bonchev–Trinajstić information content (AvgIpc) is 2.47. The molecule has 0 aromatic carbocycles. The maximum atomic E-state index is 2.75. The van der Waals surface area contributed by atoms with Gasteiger partial charge < -0.3 is 15.3 Å². The minimum atomic E-state index is 0. The van der Waals surface area contributed by atoms with Crippen LogP contribution in [-0.2, 0) is 0 Å². The summed E-state index contributed by atoms with van der Waals surface area (Å²) >= 11 is 0. The smallest absolute Gasteiger partial charge is 0.0780 e. The summed E-state index contributed by atoms with van der Waals surface area (Å²) in [6.07, 6.45) is 20.4. The number of rotatable bonds is 15. The van der Waals surface area contributed by atoms with E-state index in [1.54, 1.807) is 0 Å². The average molecular weight is 347 g/mol. The molecule has 0 fully saturated rings. The fourth-order valence-electron chi connectivity index (χ4n) is 2.78. The molecule has 0 radical (unpaired) electrons. The number of hydrogen-bond acceptors (Lipinski definition) is 2. The molecule has 24 heavy (non-hydrogen) atoms. The summed E-state index contributed by atoms with van der Waals surface area (Å²) in [5.41, 5.74) is 0. The van der Waals surface area contributed by atoms with Crippen molar-refractivity contribution in [2.45, 2.75) is 96.8 Å². The predicted octanol–water partition coefficient (Wildman–Crippen LogP) is 5.83. The molecule has 0 heterocycles. The van der Waals surface area contributed by atoms with Crippen molar-refractivity contribution in [2.24, 2.45) is 0 Å². The number of unbranched alkanes of at least 4 members (excludes halogenated alkanes) is 13. The second-order valence-corrected chi connectivity index (χ2v) is 8.11. The molecule has 0 bridgehead atoms. The first-order valence-corrected chi connectivity index (χ1v) is 10.4. The van der Waals surface area contributed by atoms with Crippen LogP contribution in [0.2, 0.25) is 0 Å². The van der Waals surface area contributed by atoms with Gasteiger partial charge in [0.2, 0.25) is 0 Å². The third kappa shape index (κ3) is 33.5. The zero-order valence-corrected chi connectivity index (χ0v) is 18.0. The largest absolute Gasteiger partial charge is 0.870 e. The second-order valence-electron chi connectivity index (χ2n) is 8.11. The lowest BCUT2D eigenvalue weighted by Gasteiger charge is -2.23. The molecule has 0 atom stereocenters. The third-order valence-corrected chi connectivity index (χ3v) is 4.18. The first kappa shape index (κ1) is 28.7. The van der Waals surface area contributed by atoms with Crippen LogP contribution in [0.1, 0.15) is 96.8 Å². The summed E-state index contributed by atoms with van der Waals surface area (Å²) in [7, 11) is 10.6. The van der Waals surface area contributed by atoms with Crippen LogP contribution in [0.15, 0.2) is 0 Å². The van der Waals surface area contributed by atoms with Crippen molar-refractivity contribution in [3.8, 4) is 0 Å². The van der Waals surface area contributed by atoms with E-state index in [1.807, 2.05) is 14.1 Å². The SMILES string of the molecule is CCCCCCCCCCCCCCCC[N+](C)(C)C.CNC.[OH-]. The molecule has 0 aliphatic carbocycles. The maximum Gasteiger partial charge on any atom is 0.0780 e. The minimum absolute atomic E-state index is 0. The standard InChI is InChI=1S/C19H42N.C2H7N.H2O/c1-5-6-7-8-9-10-11-12-13-14-15-16-17-18-19-20(2,3)4;1-3-2;/h5-19H2,1-4H3;3H,1-2H3;1H2/q+1;;/p-1. The van der Waals surface area contributed by atoms with Gasteiger partial charge >= 0.3 is 0 Å². The van der Waals surface area contributed by atoms with Gasteiger partial charge in [-0.1, -0.05) is 84.0 Å². The summed E-state index contributed by atoms with van der Waals surface area (Å²) in [6, 6.07) is 0. The summed E-state index contributed by atoms with van der Waals surface area (Å²) in [5.74, 6) is 0. The molecule has 0 aromatic rings. The first-order valence-electron chi connectivity index (χ1n) is 10.4. The topological polar surface area (TPSA) is 42.0 Å². The fourth-order valence-corrected chi connectivity index (χ4v) is 2.78. The van der Waals surface area contributed by atoms with Gasteiger partial charge in [-0.2, -0.15) is 0 Å². The number of quaternary nitrogens is 1. The van der Waals surface area contributed by atoms with Gasteiger partial charge in [0, 0.05) is 0 Å². The van der Waals surface area contributed by atoms with Gasteiger partial charge in [0.15, 0.2) is 0 Å². The van der Waals surface area contributed by atoms with Crippen LogP contribution < -0.4 is 5.32 Å². The molecule has 0 amide bonds. The highest BCUT2D eigenvalue weighted by Crippen LogP contribution is 2.13. The molecule has 3 nitrogen and oxygen atoms in total. The molecule has 0 rings (SSSR count). The quantitative estimate of drug-likeness (QED) is 0.299. The van der Waals surface area contributed by atoms with E-state index < -0.39 is 0 Å². The highest BCUT2D eigenvalue weighted by Gasteiger charge is 2.04. The van der Waals surface area contributed by atoms with Crippen LogP contribution >= 0.6 is 0 Å². The van der Waals surface area contributed by atoms with E-state index in [0.29, 0.717) is 0 Å². The summed E-state index contributed by atoms with van der Waals surface area (Å²) in [4.78, 5) is 0. The van der Waals surface area contributed by atoms with Crippen LogP contribution in [-0.4, -0.2) is 51.7 Å². The Balaban J connectivity index is -0.00000102. The molecule has 2 N–H and O–H groups in total. The normalized spacial score (nSPS) is 10.8. The molecule has 0 aliphatic heterocycles. The van der Waals surface area contributed by atoms with Gasteiger partial charge in [-0.25, -0.2) is 0 Å². The molecule has 0 spiro atoms. The fraction of sp³-hybridized carbons (Fsp3) is 1.00. The highest BCUT2D eigenvalue weighted by molar-refractivity contribution is 4.49. The van der Waals surface area contributed by atoms with E-state index in [2.05, 4.69) is 33.4 Å². The Morgan fingerprint density at radius 3 is 1.04 bits per heavy atom. The van der Waals surface area contributed by atoms with Crippen LogP contribution in [0.25, 0.3) is 0 Å². The van der Waals surface area contributed by atoms with Crippen LogP contribution in [0.3, 0.4) is 0 Å². The Labute approximate surface area is 154 Å². The van der Waals surface area contributed by atoms with Crippen molar-refractivity contribution >= 4 is 0 Å². The van der Waals surface area contributed by atoms with Crippen molar-refractivity contribution in [1.82, 2.24) is 5.32 Å². The van der Waals surface area contributed by atoms with Crippen LogP contribution in [0, 0.1) is 0 Å². The molecule has 0 saturated heterocycles. The first-order chi connectivity index (χ1) is 11.0. The molecule has 0 aliphatic rings. The van der Waals surface area contributed by atoms with Crippen molar-refractivity contribution in [1.29, 1.82) is 0 Å². The lowest BCUT2D eigenvalue weighted by Crippen LogP contribution is -2.35. The van der Waals surface area contributed by atoms with E-state index in [1.165, 1.54) is 96.4 Å². The Hall–Kier alpha value is -0.120.